The fourth-order valence-corrected chi connectivity index (χ4v) is 1.38. The van der Waals surface area contributed by atoms with Crippen molar-refractivity contribution in [2.75, 3.05) is 31.0 Å². The zero-order chi connectivity index (χ0) is 11.6. The van der Waals surface area contributed by atoms with E-state index in [1.54, 1.807) is 20.4 Å². The largest absolute Gasteiger partial charge is 0.378 e. The van der Waals surface area contributed by atoms with Crippen LogP contribution in [0.5, 0.6) is 0 Å². The smallest absolute Gasteiger partial charge is 0.353 e. The lowest BCUT2D eigenvalue weighted by Gasteiger charge is -2.12. The standard InChI is InChI=1S/C7H11N5O2S/c1-11(2)6-4(12(13)14)5(8)9-7(10-6)15-3/h1-3H3,(H2,8,9,10). The predicted octanol–water partition coefficient (Wildman–Crippen LogP) is 0.755. The number of anilines is 2. The maximum atomic E-state index is 10.8. The van der Waals surface area contributed by atoms with Crippen LogP contribution in [0.4, 0.5) is 17.3 Å². The number of hydrogen-bond donors (Lipinski definition) is 1. The molecule has 2 N–H and O–H groups in total. The van der Waals surface area contributed by atoms with Crippen LogP contribution in [0.1, 0.15) is 0 Å². The molecule has 1 heterocycles. The zero-order valence-corrected chi connectivity index (χ0v) is 9.41. The number of thioether (sulfide) groups is 1. The minimum absolute atomic E-state index is 0.108. The molecule has 0 aliphatic carbocycles. The first kappa shape index (κ1) is 11.5. The lowest BCUT2D eigenvalue weighted by Crippen LogP contribution is -2.15. The summed E-state index contributed by atoms with van der Waals surface area (Å²) in [6, 6.07) is 0. The number of rotatable bonds is 3. The normalized spacial score (nSPS) is 10.1. The third kappa shape index (κ3) is 2.27. The Hall–Kier alpha value is -1.57. The van der Waals surface area contributed by atoms with Crippen LogP contribution >= 0.6 is 11.8 Å². The summed E-state index contributed by atoms with van der Waals surface area (Å²) in [5.41, 5.74) is 5.25. The number of nitrogens with zero attached hydrogens (tertiary/aromatic N) is 4. The van der Waals surface area contributed by atoms with Gasteiger partial charge in [0, 0.05) is 14.1 Å². The van der Waals surface area contributed by atoms with Gasteiger partial charge in [0.05, 0.1) is 4.92 Å². The average molecular weight is 229 g/mol. The highest BCUT2D eigenvalue weighted by Crippen LogP contribution is 2.31. The molecule has 0 fully saturated rings. The van der Waals surface area contributed by atoms with Crippen molar-refractivity contribution in [3.63, 3.8) is 0 Å². The minimum atomic E-state index is -0.575. The summed E-state index contributed by atoms with van der Waals surface area (Å²) in [7, 11) is 3.33. The van der Waals surface area contributed by atoms with Gasteiger partial charge in [-0.3, -0.25) is 10.1 Å². The molecule has 0 spiro atoms. The van der Waals surface area contributed by atoms with E-state index in [0.29, 0.717) is 5.16 Å². The Morgan fingerprint density at radius 3 is 2.47 bits per heavy atom. The fourth-order valence-electron chi connectivity index (χ4n) is 1.02. The summed E-state index contributed by atoms with van der Waals surface area (Å²) in [5.74, 6) is 0.111. The summed E-state index contributed by atoms with van der Waals surface area (Å²) < 4.78 is 0. The molecule has 0 bridgehead atoms. The SMILES string of the molecule is CSc1nc(N)c([N+](=O)[O-])c(N(C)C)n1. The zero-order valence-electron chi connectivity index (χ0n) is 8.59. The third-order valence-corrected chi connectivity index (χ3v) is 2.21. The highest BCUT2D eigenvalue weighted by atomic mass is 32.2. The molecule has 0 saturated heterocycles. The van der Waals surface area contributed by atoms with Gasteiger partial charge in [-0.05, 0) is 6.26 Å². The Kier molecular flexibility index (Phi) is 3.30. The Morgan fingerprint density at radius 1 is 1.47 bits per heavy atom. The average Bonchev–Trinajstić information content (AvgIpc) is 2.15. The minimum Gasteiger partial charge on any atom is -0.378 e. The van der Waals surface area contributed by atoms with Crippen molar-refractivity contribution in [1.29, 1.82) is 0 Å². The molecule has 0 radical (unpaired) electrons. The van der Waals surface area contributed by atoms with Gasteiger partial charge >= 0.3 is 5.69 Å². The molecule has 1 aromatic heterocycles. The van der Waals surface area contributed by atoms with Crippen LogP contribution in [0.25, 0.3) is 0 Å². The maximum Gasteiger partial charge on any atom is 0.353 e. The molecule has 0 unspecified atom stereocenters. The second-order valence-corrected chi connectivity index (χ2v) is 3.69. The van der Waals surface area contributed by atoms with Crippen LogP contribution < -0.4 is 10.6 Å². The molecule has 0 aliphatic heterocycles. The van der Waals surface area contributed by atoms with Crippen molar-refractivity contribution in [3.8, 4) is 0 Å². The predicted molar refractivity (Wildman–Crippen MR) is 59.2 cm³/mol. The Balaban J connectivity index is 3.42. The summed E-state index contributed by atoms with van der Waals surface area (Å²) in [5, 5.41) is 11.2. The second-order valence-electron chi connectivity index (χ2n) is 2.92. The summed E-state index contributed by atoms with van der Waals surface area (Å²) in [6.45, 7) is 0. The molecule has 0 saturated carbocycles. The third-order valence-electron chi connectivity index (χ3n) is 1.66. The van der Waals surface area contributed by atoms with E-state index >= 15 is 0 Å². The van der Waals surface area contributed by atoms with Crippen molar-refractivity contribution >= 4 is 29.1 Å². The van der Waals surface area contributed by atoms with Gasteiger partial charge in [-0.2, -0.15) is 9.97 Å². The number of nitrogens with two attached hydrogens (primary N) is 1. The van der Waals surface area contributed by atoms with Crippen LogP contribution in [-0.4, -0.2) is 35.2 Å². The quantitative estimate of drug-likeness (QED) is 0.353. The van der Waals surface area contributed by atoms with Crippen molar-refractivity contribution in [2.24, 2.45) is 0 Å². The van der Waals surface area contributed by atoms with Crippen LogP contribution in [0.15, 0.2) is 5.16 Å². The molecule has 15 heavy (non-hydrogen) atoms. The van der Waals surface area contributed by atoms with E-state index in [0.717, 1.165) is 0 Å². The summed E-state index contributed by atoms with van der Waals surface area (Å²) in [4.78, 5) is 19.6. The van der Waals surface area contributed by atoms with E-state index in [9.17, 15) is 10.1 Å². The fraction of sp³-hybridized carbons (Fsp3) is 0.429. The molecule has 1 aromatic rings. The van der Waals surface area contributed by atoms with Gasteiger partial charge in [0.25, 0.3) is 0 Å². The number of nitro groups is 1. The summed E-state index contributed by atoms with van der Waals surface area (Å²) in [6.07, 6.45) is 1.78. The lowest BCUT2D eigenvalue weighted by atomic mass is 10.4. The Bertz CT molecular complexity index is 395. The molecule has 82 valence electrons. The highest BCUT2D eigenvalue weighted by molar-refractivity contribution is 7.98. The van der Waals surface area contributed by atoms with Gasteiger partial charge in [0.2, 0.25) is 11.6 Å². The van der Waals surface area contributed by atoms with Crippen molar-refractivity contribution in [2.45, 2.75) is 5.16 Å². The van der Waals surface area contributed by atoms with E-state index in [4.69, 9.17) is 5.73 Å². The topological polar surface area (TPSA) is 98.2 Å². The molecular formula is C7H11N5O2S. The Labute approximate surface area is 90.8 Å². The van der Waals surface area contributed by atoms with Gasteiger partial charge < -0.3 is 10.6 Å². The Morgan fingerprint density at radius 2 is 2.07 bits per heavy atom. The first-order valence-corrected chi connectivity index (χ1v) is 5.23. The van der Waals surface area contributed by atoms with Crippen LogP contribution in [0, 0.1) is 10.1 Å². The lowest BCUT2D eigenvalue weighted by molar-refractivity contribution is -0.383. The van der Waals surface area contributed by atoms with Crippen molar-refractivity contribution < 1.29 is 4.92 Å². The van der Waals surface area contributed by atoms with E-state index in [2.05, 4.69) is 9.97 Å². The molecule has 0 amide bonds. The number of nitrogen functional groups attached to an aromatic ring is 1. The monoisotopic (exact) mass is 229 g/mol. The van der Waals surface area contributed by atoms with E-state index in [1.807, 2.05) is 0 Å². The van der Waals surface area contributed by atoms with E-state index in [-0.39, 0.29) is 17.3 Å². The van der Waals surface area contributed by atoms with Gasteiger partial charge in [-0.15, -0.1) is 0 Å². The molecule has 1 rings (SSSR count). The molecule has 0 aromatic carbocycles. The van der Waals surface area contributed by atoms with Crippen LogP contribution in [0.2, 0.25) is 0 Å². The molecule has 8 heteroatoms. The summed E-state index contributed by atoms with van der Waals surface area (Å²) >= 11 is 1.28. The first-order chi connectivity index (χ1) is 6.97. The molecule has 0 aliphatic rings. The van der Waals surface area contributed by atoms with Crippen LogP contribution in [0.3, 0.4) is 0 Å². The van der Waals surface area contributed by atoms with Gasteiger partial charge in [-0.25, -0.2) is 0 Å². The molecular weight excluding hydrogens is 218 g/mol. The van der Waals surface area contributed by atoms with Crippen LogP contribution in [-0.2, 0) is 0 Å². The maximum absolute atomic E-state index is 10.8. The van der Waals surface area contributed by atoms with Gasteiger partial charge in [0.15, 0.2) is 5.16 Å². The first-order valence-electron chi connectivity index (χ1n) is 4.00. The molecule has 7 nitrogen and oxygen atoms in total. The van der Waals surface area contributed by atoms with Crippen molar-refractivity contribution in [3.05, 3.63) is 10.1 Å². The van der Waals surface area contributed by atoms with Gasteiger partial charge in [0.1, 0.15) is 0 Å². The highest BCUT2D eigenvalue weighted by Gasteiger charge is 2.23. The molecule has 0 atom stereocenters. The number of aromatic nitrogens is 2. The van der Waals surface area contributed by atoms with Crippen molar-refractivity contribution in [1.82, 2.24) is 9.97 Å². The second kappa shape index (κ2) is 4.30. The van der Waals surface area contributed by atoms with E-state index < -0.39 is 4.92 Å². The van der Waals surface area contributed by atoms with E-state index in [1.165, 1.54) is 16.7 Å². The van der Waals surface area contributed by atoms with Gasteiger partial charge in [-0.1, -0.05) is 11.8 Å². The number of hydrogen-bond acceptors (Lipinski definition) is 7.